The number of carbonyl (C=O) groups is 4. The first kappa shape index (κ1) is 105. The van der Waals surface area contributed by atoms with Crippen LogP contribution in [0.25, 0.3) is 0 Å². The van der Waals surface area contributed by atoms with E-state index in [1.165, 1.54) is 289 Å². The number of aliphatic hydroxyl groups excluding tert-OH is 1. The lowest BCUT2D eigenvalue weighted by Crippen LogP contribution is -2.30. The topological polar surface area (TPSA) is 237 Å². The van der Waals surface area contributed by atoms with Crippen LogP contribution in [0.5, 0.6) is 0 Å². The summed E-state index contributed by atoms with van der Waals surface area (Å²) in [5.41, 5.74) is 0. The van der Waals surface area contributed by atoms with E-state index >= 15 is 0 Å². The number of esters is 4. The molecule has 17 nitrogen and oxygen atoms in total. The Morgan fingerprint density at radius 3 is 0.636 bits per heavy atom. The van der Waals surface area contributed by atoms with Gasteiger partial charge in [-0.2, -0.15) is 0 Å². The fourth-order valence-corrected chi connectivity index (χ4v) is 15.4. The molecular formula is C88H172O17P2. The number of phosphoric ester groups is 2. The van der Waals surface area contributed by atoms with Crippen LogP contribution in [-0.2, 0) is 65.4 Å². The zero-order chi connectivity index (χ0) is 78.5. The standard InChI is InChI=1S/C88H172O17P2/c1-7-9-11-13-15-17-19-21-22-23-24-25-26-30-33-37-40-46-52-58-64-70-85(90)98-76-83(104-88(93)73-67-61-55-48-42-38-34-31-28-27-29-32-36-39-44-50-56-62-68-80(3)4)78-102-106(94,95)100-74-82(89)75-101-107(96,97)103-79-84(77-99-86(91)71-65-59-53-49-43-45-51-57-63-69-81(5)6)105-87(92)72-66-60-54-47-41-35-20-18-16-14-12-10-8-2/h80-84,89H,7-79H2,1-6H3,(H,94,95)(H,96,97)/t82-,83-,84-/m1/s1. The maximum atomic E-state index is 13.2. The Morgan fingerprint density at radius 2 is 0.430 bits per heavy atom. The molecule has 636 valence electrons. The van der Waals surface area contributed by atoms with E-state index < -0.39 is 97.5 Å². The second-order valence-corrected chi connectivity index (χ2v) is 35.5. The van der Waals surface area contributed by atoms with Crippen molar-refractivity contribution in [3.8, 4) is 0 Å². The minimum atomic E-state index is -4.97. The molecule has 0 radical (unpaired) electrons. The number of phosphoric acid groups is 2. The van der Waals surface area contributed by atoms with E-state index in [9.17, 15) is 43.2 Å². The smallest absolute Gasteiger partial charge is 0.462 e. The monoisotopic (exact) mass is 1560 g/mol. The normalized spacial score (nSPS) is 13.8. The maximum absolute atomic E-state index is 13.2. The van der Waals surface area contributed by atoms with Gasteiger partial charge in [0.15, 0.2) is 12.2 Å². The van der Waals surface area contributed by atoms with Gasteiger partial charge in [0, 0.05) is 25.7 Å². The van der Waals surface area contributed by atoms with Crippen LogP contribution in [0.1, 0.15) is 472 Å². The van der Waals surface area contributed by atoms with Crippen molar-refractivity contribution >= 4 is 39.5 Å². The van der Waals surface area contributed by atoms with Crippen LogP contribution in [-0.4, -0.2) is 96.7 Å². The first-order valence-electron chi connectivity index (χ1n) is 45.5. The highest BCUT2D eigenvalue weighted by molar-refractivity contribution is 7.47. The summed E-state index contributed by atoms with van der Waals surface area (Å²) >= 11 is 0. The van der Waals surface area contributed by atoms with Gasteiger partial charge in [-0.25, -0.2) is 9.13 Å². The van der Waals surface area contributed by atoms with Gasteiger partial charge in [0.25, 0.3) is 0 Å². The second kappa shape index (κ2) is 79.3. The van der Waals surface area contributed by atoms with Gasteiger partial charge in [-0.15, -0.1) is 0 Å². The van der Waals surface area contributed by atoms with Crippen molar-refractivity contribution in [1.29, 1.82) is 0 Å². The zero-order valence-electron chi connectivity index (χ0n) is 70.5. The van der Waals surface area contributed by atoms with Crippen molar-refractivity contribution in [1.82, 2.24) is 0 Å². The molecule has 0 aromatic heterocycles. The number of unbranched alkanes of at least 4 members (excludes halogenated alkanes) is 57. The van der Waals surface area contributed by atoms with Gasteiger partial charge >= 0.3 is 39.5 Å². The molecule has 0 rings (SSSR count). The summed E-state index contributed by atoms with van der Waals surface area (Å²) in [5.74, 6) is -0.535. The van der Waals surface area contributed by atoms with Gasteiger partial charge in [0.2, 0.25) is 0 Å². The lowest BCUT2D eigenvalue weighted by atomic mass is 10.0. The number of ether oxygens (including phenoxy) is 4. The van der Waals surface area contributed by atoms with Gasteiger partial charge in [-0.3, -0.25) is 37.3 Å². The van der Waals surface area contributed by atoms with Crippen molar-refractivity contribution in [2.75, 3.05) is 39.6 Å². The third kappa shape index (κ3) is 81.9. The fraction of sp³-hybridized carbons (Fsp3) is 0.955. The van der Waals surface area contributed by atoms with Crippen molar-refractivity contribution in [3.63, 3.8) is 0 Å². The molecule has 19 heteroatoms. The van der Waals surface area contributed by atoms with E-state index in [-0.39, 0.29) is 25.7 Å². The summed E-state index contributed by atoms with van der Waals surface area (Å²) in [6.07, 6.45) is 72.3. The van der Waals surface area contributed by atoms with Gasteiger partial charge in [-0.1, -0.05) is 420 Å². The molecular weight excluding hydrogens is 1390 g/mol. The Bertz CT molecular complexity index is 2050. The minimum Gasteiger partial charge on any atom is -0.462 e. The molecule has 0 fully saturated rings. The molecule has 3 N–H and O–H groups in total. The van der Waals surface area contributed by atoms with Gasteiger partial charge in [0.05, 0.1) is 26.4 Å². The molecule has 107 heavy (non-hydrogen) atoms. The van der Waals surface area contributed by atoms with Crippen LogP contribution in [0, 0.1) is 11.8 Å². The molecule has 0 aromatic rings. The van der Waals surface area contributed by atoms with E-state index in [1.54, 1.807) is 0 Å². The minimum absolute atomic E-state index is 0.108. The summed E-state index contributed by atoms with van der Waals surface area (Å²) in [6.45, 7) is 9.70. The first-order chi connectivity index (χ1) is 51.9. The maximum Gasteiger partial charge on any atom is 0.472 e. The lowest BCUT2D eigenvalue weighted by Gasteiger charge is -2.21. The van der Waals surface area contributed by atoms with E-state index in [2.05, 4.69) is 41.5 Å². The Hall–Kier alpha value is -1.94. The number of aliphatic hydroxyl groups is 1. The molecule has 0 aliphatic heterocycles. The Labute approximate surface area is 658 Å². The van der Waals surface area contributed by atoms with E-state index in [0.29, 0.717) is 25.7 Å². The van der Waals surface area contributed by atoms with Crippen LogP contribution in [0.15, 0.2) is 0 Å². The average Bonchev–Trinajstić information content (AvgIpc) is 0.904. The average molecular weight is 1560 g/mol. The van der Waals surface area contributed by atoms with E-state index in [4.69, 9.17) is 37.0 Å². The van der Waals surface area contributed by atoms with Gasteiger partial charge in [0.1, 0.15) is 19.3 Å². The summed E-state index contributed by atoms with van der Waals surface area (Å²) in [5, 5.41) is 10.7. The Kier molecular flexibility index (Phi) is 77.9. The van der Waals surface area contributed by atoms with Crippen molar-refractivity contribution in [2.24, 2.45) is 11.8 Å². The summed E-state index contributed by atoms with van der Waals surface area (Å²) in [4.78, 5) is 73.3. The zero-order valence-corrected chi connectivity index (χ0v) is 72.2. The molecule has 0 heterocycles. The predicted octanol–water partition coefficient (Wildman–Crippen LogP) is 27.0. The van der Waals surface area contributed by atoms with Gasteiger partial charge < -0.3 is 33.8 Å². The molecule has 0 saturated carbocycles. The van der Waals surface area contributed by atoms with Crippen LogP contribution >= 0.6 is 15.6 Å². The molecule has 2 unspecified atom stereocenters. The molecule has 0 aliphatic carbocycles. The number of hydrogen-bond donors (Lipinski definition) is 3. The van der Waals surface area contributed by atoms with Crippen LogP contribution < -0.4 is 0 Å². The lowest BCUT2D eigenvalue weighted by molar-refractivity contribution is -0.161. The van der Waals surface area contributed by atoms with Gasteiger partial charge in [-0.05, 0) is 37.5 Å². The molecule has 0 saturated heterocycles. The third-order valence-electron chi connectivity index (χ3n) is 20.7. The van der Waals surface area contributed by atoms with Crippen molar-refractivity contribution in [2.45, 2.75) is 490 Å². The molecule has 0 aliphatic rings. The highest BCUT2D eigenvalue weighted by Gasteiger charge is 2.30. The van der Waals surface area contributed by atoms with E-state index in [0.717, 1.165) is 102 Å². The molecule has 5 atom stereocenters. The van der Waals surface area contributed by atoms with E-state index in [1.807, 2.05) is 0 Å². The van der Waals surface area contributed by atoms with Crippen LogP contribution in [0.4, 0.5) is 0 Å². The largest absolute Gasteiger partial charge is 0.472 e. The number of hydrogen-bond acceptors (Lipinski definition) is 15. The molecule has 0 bridgehead atoms. The number of carbonyl (C=O) groups excluding carboxylic acids is 4. The van der Waals surface area contributed by atoms with Crippen LogP contribution in [0.3, 0.4) is 0 Å². The summed E-state index contributed by atoms with van der Waals surface area (Å²) < 4.78 is 68.9. The third-order valence-corrected chi connectivity index (χ3v) is 22.6. The second-order valence-electron chi connectivity index (χ2n) is 32.6. The molecule has 0 spiro atoms. The quantitative estimate of drug-likeness (QED) is 0.0222. The highest BCUT2D eigenvalue weighted by Crippen LogP contribution is 2.45. The number of rotatable bonds is 87. The highest BCUT2D eigenvalue weighted by atomic mass is 31.2. The SMILES string of the molecule is CCCCCCCCCCCCCCCCCCCCCCCC(=O)OC[C@H](COP(=O)(O)OC[C@@H](O)COP(=O)(O)OC[C@@H](COC(=O)CCCCCCCCCCCC(C)C)OC(=O)CCCCCCCCCCCCCCC)OC(=O)CCCCCCCCCCCCCCCCCCCCC(C)C. The van der Waals surface area contributed by atoms with Crippen molar-refractivity contribution < 1.29 is 80.2 Å². The predicted molar refractivity (Wildman–Crippen MR) is 442 cm³/mol. The summed E-state index contributed by atoms with van der Waals surface area (Å²) in [6, 6.07) is 0. The Balaban J connectivity index is 5.22. The van der Waals surface area contributed by atoms with Crippen LogP contribution in [0.2, 0.25) is 0 Å². The molecule has 0 amide bonds. The Morgan fingerprint density at radius 1 is 0.252 bits per heavy atom. The first-order valence-corrected chi connectivity index (χ1v) is 48.5. The fourth-order valence-electron chi connectivity index (χ4n) is 13.8. The molecule has 0 aromatic carbocycles. The van der Waals surface area contributed by atoms with Crippen molar-refractivity contribution in [3.05, 3.63) is 0 Å². The summed E-state index contributed by atoms with van der Waals surface area (Å²) in [7, 11) is -9.93.